The van der Waals surface area contributed by atoms with Crippen LogP contribution in [0, 0.1) is 10.1 Å². The number of anilines is 2. The number of carbonyl (C=O) groups excluding carboxylic acids is 1. The summed E-state index contributed by atoms with van der Waals surface area (Å²) in [6, 6.07) is 7.17. The minimum atomic E-state index is -4.85. The van der Waals surface area contributed by atoms with Gasteiger partial charge in [0, 0.05) is 75.7 Å². The molecular weight excluding hydrogens is 568 g/mol. The zero-order valence-electron chi connectivity index (χ0n) is 23.1. The first-order valence-corrected chi connectivity index (χ1v) is 13.8. The molecule has 1 amide bonds. The molecule has 0 aromatic heterocycles. The summed E-state index contributed by atoms with van der Waals surface area (Å²) in [5, 5.41) is 14.0. The van der Waals surface area contributed by atoms with E-state index in [1.54, 1.807) is 17.9 Å². The van der Waals surface area contributed by atoms with Crippen molar-refractivity contribution in [2.45, 2.75) is 51.0 Å². The highest BCUT2D eigenvalue weighted by molar-refractivity contribution is 5.76. The van der Waals surface area contributed by atoms with Crippen molar-refractivity contribution < 1.29 is 36.1 Å². The Morgan fingerprint density at radius 2 is 1.57 bits per heavy atom. The Morgan fingerprint density at radius 1 is 0.929 bits per heavy atom. The number of amides is 1. The summed E-state index contributed by atoms with van der Waals surface area (Å²) < 4.78 is 80.2. The number of carbonyl (C=O) groups is 1. The van der Waals surface area contributed by atoms with Crippen molar-refractivity contribution in [3.63, 3.8) is 0 Å². The van der Waals surface area contributed by atoms with Crippen LogP contribution >= 0.6 is 0 Å². The maximum absolute atomic E-state index is 13.5. The molecule has 0 bridgehead atoms. The number of halogens is 6. The molecule has 8 nitrogen and oxygen atoms in total. The summed E-state index contributed by atoms with van der Waals surface area (Å²) in [5.41, 5.74) is -2.01. The third kappa shape index (κ3) is 7.64. The fraction of sp³-hybridized carbons (Fsp3) is 0.536. The summed E-state index contributed by atoms with van der Waals surface area (Å²) in [7, 11) is 0. The molecule has 1 N–H and O–H groups in total. The lowest BCUT2D eigenvalue weighted by Gasteiger charge is -2.37. The Bertz CT molecular complexity index is 1270. The molecular formula is C28H33F6N5O3. The Labute approximate surface area is 239 Å². The SMILES string of the molecule is CCc1ccc(N2CCN(C(=O)CCN3CCC(Nc4ccc([N+](=O)[O-])c(C(F)(F)F)c4)CC3)CC2)cc1C(F)(F)F. The van der Waals surface area contributed by atoms with Gasteiger partial charge in [-0.05, 0) is 49.1 Å². The molecule has 0 aliphatic carbocycles. The largest absolute Gasteiger partial charge is 0.423 e. The highest BCUT2D eigenvalue weighted by atomic mass is 19.4. The molecule has 2 aliphatic heterocycles. The van der Waals surface area contributed by atoms with Crippen molar-refractivity contribution in [1.29, 1.82) is 0 Å². The van der Waals surface area contributed by atoms with Gasteiger partial charge < -0.3 is 20.0 Å². The molecule has 4 rings (SSSR count). The van der Waals surface area contributed by atoms with Gasteiger partial charge in [0.1, 0.15) is 5.56 Å². The molecule has 0 unspecified atom stereocenters. The number of nitrogens with one attached hydrogen (secondary N) is 1. The van der Waals surface area contributed by atoms with E-state index >= 15 is 0 Å². The van der Waals surface area contributed by atoms with E-state index in [-0.39, 0.29) is 29.6 Å². The predicted octanol–water partition coefficient (Wildman–Crippen LogP) is 5.81. The normalized spacial score (nSPS) is 17.4. The highest BCUT2D eigenvalue weighted by Crippen LogP contribution is 2.38. The summed E-state index contributed by atoms with van der Waals surface area (Å²) in [4.78, 5) is 28.4. The molecule has 0 atom stereocenters. The van der Waals surface area contributed by atoms with E-state index in [0.717, 1.165) is 12.1 Å². The number of nitrogens with zero attached hydrogens (tertiary/aromatic N) is 4. The number of nitro benzene ring substituents is 1. The van der Waals surface area contributed by atoms with Gasteiger partial charge in [0.2, 0.25) is 5.91 Å². The second-order valence-electron chi connectivity index (χ2n) is 10.6. The average molecular weight is 602 g/mol. The Morgan fingerprint density at radius 3 is 2.14 bits per heavy atom. The number of nitro groups is 1. The third-order valence-electron chi connectivity index (χ3n) is 7.88. The first kappa shape index (κ1) is 31.4. The molecule has 2 aromatic carbocycles. The third-order valence-corrected chi connectivity index (χ3v) is 7.88. The van der Waals surface area contributed by atoms with E-state index in [2.05, 4.69) is 10.2 Å². The smallest absolute Gasteiger partial charge is 0.382 e. The quantitative estimate of drug-likeness (QED) is 0.234. The lowest BCUT2D eigenvalue weighted by atomic mass is 10.0. The number of benzene rings is 2. The first-order valence-electron chi connectivity index (χ1n) is 13.8. The maximum atomic E-state index is 13.5. The highest BCUT2D eigenvalue weighted by Gasteiger charge is 2.39. The van der Waals surface area contributed by atoms with Crippen LogP contribution in [0.1, 0.15) is 42.9 Å². The molecule has 2 fully saturated rings. The van der Waals surface area contributed by atoms with Crippen LogP contribution in [0.15, 0.2) is 36.4 Å². The van der Waals surface area contributed by atoms with Gasteiger partial charge in [0.15, 0.2) is 0 Å². The summed E-state index contributed by atoms with van der Waals surface area (Å²) in [6.07, 6.45) is -7.44. The maximum Gasteiger partial charge on any atom is 0.423 e. The number of piperazine rings is 1. The van der Waals surface area contributed by atoms with Crippen LogP contribution in [0.25, 0.3) is 0 Å². The van der Waals surface area contributed by atoms with Crippen LogP contribution in [0.5, 0.6) is 0 Å². The summed E-state index contributed by atoms with van der Waals surface area (Å²) in [5.74, 6) is -0.0298. The minimum Gasteiger partial charge on any atom is -0.382 e. The number of hydrogen-bond acceptors (Lipinski definition) is 6. The number of hydrogen-bond donors (Lipinski definition) is 1. The Kier molecular flexibility index (Phi) is 9.53. The summed E-state index contributed by atoms with van der Waals surface area (Å²) in [6.45, 7) is 5.17. The Hall–Kier alpha value is -3.55. The zero-order chi connectivity index (χ0) is 30.7. The van der Waals surface area contributed by atoms with E-state index in [1.165, 1.54) is 18.2 Å². The molecule has 14 heteroatoms. The van der Waals surface area contributed by atoms with Crippen LogP contribution in [0.3, 0.4) is 0 Å². The molecule has 230 valence electrons. The van der Waals surface area contributed by atoms with Crippen molar-refractivity contribution in [3.05, 3.63) is 63.2 Å². The van der Waals surface area contributed by atoms with Gasteiger partial charge in [-0.2, -0.15) is 26.3 Å². The van der Waals surface area contributed by atoms with Gasteiger partial charge in [0.25, 0.3) is 5.69 Å². The van der Waals surface area contributed by atoms with Crippen LogP contribution in [0.4, 0.5) is 43.4 Å². The van der Waals surface area contributed by atoms with E-state index < -0.39 is 34.1 Å². The molecule has 0 spiro atoms. The van der Waals surface area contributed by atoms with Crippen LogP contribution in [-0.4, -0.2) is 72.5 Å². The standard InChI is InChI=1S/C28H33F6N5O3/c1-2-19-3-5-22(18-23(19)27(29,30)31)37-13-15-38(16-14-37)26(40)9-12-36-10-7-20(8-11-36)35-21-4-6-25(39(41)42)24(17-21)28(32,33)34/h3-6,17-18,20,35H,2,7-16H2,1H3. The Balaban J connectivity index is 1.22. The second kappa shape index (κ2) is 12.8. The fourth-order valence-corrected chi connectivity index (χ4v) is 5.51. The van der Waals surface area contributed by atoms with E-state index in [1.807, 2.05) is 4.90 Å². The van der Waals surface area contributed by atoms with Gasteiger partial charge in [-0.15, -0.1) is 0 Å². The van der Waals surface area contributed by atoms with E-state index in [0.29, 0.717) is 70.8 Å². The topological polar surface area (TPSA) is 82.0 Å². The van der Waals surface area contributed by atoms with Gasteiger partial charge in [-0.25, -0.2) is 0 Å². The number of rotatable bonds is 8. The molecule has 2 aliphatic rings. The predicted molar refractivity (Wildman–Crippen MR) is 145 cm³/mol. The van der Waals surface area contributed by atoms with Crippen molar-refractivity contribution >= 4 is 23.0 Å². The van der Waals surface area contributed by atoms with E-state index in [9.17, 15) is 41.3 Å². The average Bonchev–Trinajstić information content (AvgIpc) is 2.95. The van der Waals surface area contributed by atoms with Crippen LogP contribution in [0.2, 0.25) is 0 Å². The van der Waals surface area contributed by atoms with Crippen molar-refractivity contribution in [2.24, 2.45) is 0 Å². The second-order valence-corrected chi connectivity index (χ2v) is 10.6. The summed E-state index contributed by atoms with van der Waals surface area (Å²) >= 11 is 0. The van der Waals surface area contributed by atoms with Crippen LogP contribution < -0.4 is 10.2 Å². The van der Waals surface area contributed by atoms with Gasteiger partial charge in [-0.3, -0.25) is 14.9 Å². The fourth-order valence-electron chi connectivity index (χ4n) is 5.51. The molecule has 2 aromatic rings. The van der Waals surface area contributed by atoms with Crippen LogP contribution in [-0.2, 0) is 23.6 Å². The van der Waals surface area contributed by atoms with Gasteiger partial charge in [-0.1, -0.05) is 13.0 Å². The molecule has 0 radical (unpaired) electrons. The lowest BCUT2D eigenvalue weighted by molar-refractivity contribution is -0.388. The number of aryl methyl sites for hydroxylation is 1. The van der Waals surface area contributed by atoms with Gasteiger partial charge in [0.05, 0.1) is 10.5 Å². The number of alkyl halides is 6. The lowest BCUT2D eigenvalue weighted by Crippen LogP contribution is -2.49. The molecule has 2 heterocycles. The van der Waals surface area contributed by atoms with Crippen molar-refractivity contribution in [1.82, 2.24) is 9.80 Å². The molecule has 0 saturated carbocycles. The zero-order valence-corrected chi connectivity index (χ0v) is 23.1. The number of likely N-dealkylation sites (tertiary alicyclic amines) is 1. The van der Waals surface area contributed by atoms with Crippen molar-refractivity contribution in [3.8, 4) is 0 Å². The molecule has 42 heavy (non-hydrogen) atoms. The molecule has 2 saturated heterocycles. The number of piperidine rings is 1. The minimum absolute atomic E-state index is 0.0298. The van der Waals surface area contributed by atoms with Gasteiger partial charge >= 0.3 is 12.4 Å². The van der Waals surface area contributed by atoms with E-state index in [4.69, 9.17) is 0 Å². The first-order chi connectivity index (χ1) is 19.8. The van der Waals surface area contributed by atoms with Crippen molar-refractivity contribution in [2.75, 3.05) is 56.0 Å². The monoisotopic (exact) mass is 601 g/mol.